The molecule has 3 heterocycles. The van der Waals surface area contributed by atoms with Crippen molar-refractivity contribution in [2.24, 2.45) is 0 Å². The van der Waals surface area contributed by atoms with E-state index >= 15 is 0 Å². The molecule has 4 rings (SSSR count). The van der Waals surface area contributed by atoms with Gasteiger partial charge in [0.25, 0.3) is 0 Å². The number of ether oxygens (including phenoxy) is 2. The van der Waals surface area contributed by atoms with Crippen LogP contribution >= 0.6 is 0 Å². The minimum absolute atomic E-state index is 0.0435. The van der Waals surface area contributed by atoms with Gasteiger partial charge in [0.1, 0.15) is 5.75 Å². The molecule has 7 heteroatoms. The van der Waals surface area contributed by atoms with E-state index in [0.29, 0.717) is 18.0 Å². The lowest BCUT2D eigenvalue weighted by atomic mass is 10.1. The lowest BCUT2D eigenvalue weighted by molar-refractivity contribution is -0.0707. The van der Waals surface area contributed by atoms with Crippen molar-refractivity contribution in [3.63, 3.8) is 0 Å². The summed E-state index contributed by atoms with van der Waals surface area (Å²) in [6.45, 7) is 7.92. The van der Waals surface area contributed by atoms with E-state index in [-0.39, 0.29) is 18.2 Å². The summed E-state index contributed by atoms with van der Waals surface area (Å²) in [5, 5.41) is 0. The zero-order valence-electron chi connectivity index (χ0n) is 15.6. The molecule has 0 spiro atoms. The summed E-state index contributed by atoms with van der Waals surface area (Å²) in [7, 11) is -3.47. The molecule has 144 valence electrons. The van der Waals surface area contributed by atoms with E-state index < -0.39 is 10.0 Å². The molecule has 1 aromatic rings. The number of fused-ring (bicyclic) bond motifs is 1. The van der Waals surface area contributed by atoms with Crippen LogP contribution in [0.15, 0.2) is 23.1 Å². The zero-order chi connectivity index (χ0) is 18.3. The summed E-state index contributed by atoms with van der Waals surface area (Å²) in [6, 6.07) is 5.33. The SMILES string of the molecule is CC1CN(CC2CCCN2S(=O)(=O)c2ccc3c(c2)CCO3)CC(C)O1. The van der Waals surface area contributed by atoms with Gasteiger partial charge in [0, 0.05) is 38.6 Å². The van der Waals surface area contributed by atoms with E-state index in [2.05, 4.69) is 18.7 Å². The number of nitrogens with zero attached hydrogens (tertiary/aromatic N) is 2. The summed E-state index contributed by atoms with van der Waals surface area (Å²) in [5.74, 6) is 0.818. The van der Waals surface area contributed by atoms with E-state index in [1.807, 2.05) is 0 Å². The summed E-state index contributed by atoms with van der Waals surface area (Å²) in [6.07, 6.45) is 3.02. The topological polar surface area (TPSA) is 59.1 Å². The van der Waals surface area contributed by atoms with Crippen LogP contribution in [-0.2, 0) is 21.2 Å². The molecule has 6 nitrogen and oxygen atoms in total. The lowest BCUT2D eigenvalue weighted by Gasteiger charge is -2.38. The summed E-state index contributed by atoms with van der Waals surface area (Å²) < 4.78 is 39.5. The van der Waals surface area contributed by atoms with Crippen LogP contribution in [0.25, 0.3) is 0 Å². The van der Waals surface area contributed by atoms with Gasteiger partial charge in [-0.3, -0.25) is 4.90 Å². The molecule has 26 heavy (non-hydrogen) atoms. The van der Waals surface area contributed by atoms with Gasteiger partial charge >= 0.3 is 0 Å². The van der Waals surface area contributed by atoms with Crippen molar-refractivity contribution in [2.75, 3.05) is 32.8 Å². The Kier molecular flexibility index (Phi) is 4.98. The van der Waals surface area contributed by atoms with Gasteiger partial charge < -0.3 is 9.47 Å². The number of morpholine rings is 1. The van der Waals surface area contributed by atoms with Gasteiger partial charge in [0.2, 0.25) is 10.0 Å². The molecular weight excluding hydrogens is 352 g/mol. The first-order valence-electron chi connectivity index (χ1n) is 9.59. The minimum Gasteiger partial charge on any atom is -0.493 e. The van der Waals surface area contributed by atoms with E-state index in [1.165, 1.54) is 0 Å². The molecule has 0 aliphatic carbocycles. The second kappa shape index (κ2) is 7.11. The largest absolute Gasteiger partial charge is 0.493 e. The number of hydrogen-bond acceptors (Lipinski definition) is 5. The number of hydrogen-bond donors (Lipinski definition) is 0. The first kappa shape index (κ1) is 18.2. The van der Waals surface area contributed by atoms with E-state index in [0.717, 1.165) is 50.2 Å². The average Bonchev–Trinajstić information content (AvgIpc) is 3.22. The third-order valence-electron chi connectivity index (χ3n) is 5.55. The van der Waals surface area contributed by atoms with Gasteiger partial charge in [-0.2, -0.15) is 4.31 Å². The number of rotatable bonds is 4. The van der Waals surface area contributed by atoms with Crippen LogP contribution in [0.1, 0.15) is 32.3 Å². The summed E-state index contributed by atoms with van der Waals surface area (Å²) in [5.41, 5.74) is 0.998. The van der Waals surface area contributed by atoms with Gasteiger partial charge in [0.05, 0.1) is 23.7 Å². The molecule has 0 aromatic heterocycles. The van der Waals surface area contributed by atoms with E-state index in [1.54, 1.807) is 22.5 Å². The molecule has 0 saturated carbocycles. The Morgan fingerprint density at radius 1 is 1.19 bits per heavy atom. The van der Waals surface area contributed by atoms with Gasteiger partial charge in [-0.05, 0) is 50.5 Å². The third-order valence-corrected chi connectivity index (χ3v) is 7.50. The Morgan fingerprint density at radius 2 is 1.96 bits per heavy atom. The zero-order valence-corrected chi connectivity index (χ0v) is 16.4. The molecule has 3 aliphatic rings. The molecule has 0 amide bonds. The van der Waals surface area contributed by atoms with E-state index in [4.69, 9.17) is 9.47 Å². The molecule has 3 unspecified atom stereocenters. The van der Waals surface area contributed by atoms with Crippen LogP contribution in [-0.4, -0.2) is 68.7 Å². The third kappa shape index (κ3) is 3.50. The van der Waals surface area contributed by atoms with Crippen molar-refractivity contribution in [3.8, 4) is 5.75 Å². The number of sulfonamides is 1. The van der Waals surface area contributed by atoms with Crippen LogP contribution in [0.4, 0.5) is 0 Å². The van der Waals surface area contributed by atoms with Gasteiger partial charge in [0.15, 0.2) is 0 Å². The van der Waals surface area contributed by atoms with Crippen LogP contribution in [0.2, 0.25) is 0 Å². The van der Waals surface area contributed by atoms with Crippen molar-refractivity contribution < 1.29 is 17.9 Å². The highest BCUT2D eigenvalue weighted by atomic mass is 32.2. The first-order chi connectivity index (χ1) is 12.4. The normalized spacial score (nSPS) is 30.3. The highest BCUT2D eigenvalue weighted by molar-refractivity contribution is 7.89. The minimum atomic E-state index is -3.47. The summed E-state index contributed by atoms with van der Waals surface area (Å²) >= 11 is 0. The maximum atomic E-state index is 13.3. The lowest BCUT2D eigenvalue weighted by Crippen LogP contribution is -2.50. The fourth-order valence-corrected chi connectivity index (χ4v) is 6.23. The molecule has 3 atom stereocenters. The smallest absolute Gasteiger partial charge is 0.243 e. The molecule has 0 bridgehead atoms. The average molecular weight is 381 g/mol. The molecule has 0 radical (unpaired) electrons. The van der Waals surface area contributed by atoms with Crippen LogP contribution in [0, 0.1) is 0 Å². The molecule has 0 N–H and O–H groups in total. The Balaban J connectivity index is 1.52. The van der Waals surface area contributed by atoms with Gasteiger partial charge in [-0.15, -0.1) is 0 Å². The Hall–Kier alpha value is -1.15. The second-order valence-electron chi connectivity index (χ2n) is 7.76. The maximum Gasteiger partial charge on any atom is 0.243 e. The fraction of sp³-hybridized carbons (Fsp3) is 0.684. The maximum absolute atomic E-state index is 13.3. The Bertz CT molecular complexity index is 757. The molecule has 2 fully saturated rings. The quantitative estimate of drug-likeness (QED) is 0.798. The van der Waals surface area contributed by atoms with Gasteiger partial charge in [-0.25, -0.2) is 8.42 Å². The van der Waals surface area contributed by atoms with Crippen molar-refractivity contribution >= 4 is 10.0 Å². The van der Waals surface area contributed by atoms with Crippen molar-refractivity contribution in [3.05, 3.63) is 23.8 Å². The molecule has 1 aromatic carbocycles. The first-order valence-corrected chi connectivity index (χ1v) is 11.0. The van der Waals surface area contributed by atoms with Gasteiger partial charge in [-0.1, -0.05) is 0 Å². The molecule has 3 aliphatic heterocycles. The highest BCUT2D eigenvalue weighted by Crippen LogP contribution is 2.32. The highest BCUT2D eigenvalue weighted by Gasteiger charge is 2.37. The molecular formula is C19H28N2O4S. The monoisotopic (exact) mass is 380 g/mol. The Morgan fingerprint density at radius 3 is 2.73 bits per heavy atom. The van der Waals surface area contributed by atoms with Crippen LogP contribution < -0.4 is 4.74 Å². The van der Waals surface area contributed by atoms with Crippen molar-refractivity contribution in [2.45, 2.75) is 56.3 Å². The van der Waals surface area contributed by atoms with Crippen molar-refractivity contribution in [1.29, 1.82) is 0 Å². The number of benzene rings is 1. The van der Waals surface area contributed by atoms with E-state index in [9.17, 15) is 8.42 Å². The second-order valence-corrected chi connectivity index (χ2v) is 9.65. The van der Waals surface area contributed by atoms with Crippen LogP contribution in [0.5, 0.6) is 5.75 Å². The van der Waals surface area contributed by atoms with Crippen molar-refractivity contribution in [1.82, 2.24) is 9.21 Å². The Labute approximate surface area is 156 Å². The standard InChI is InChI=1S/C19H28N2O4S/c1-14-11-20(12-15(2)25-14)13-17-4-3-8-21(17)26(22,23)18-5-6-19-16(10-18)7-9-24-19/h5-6,10,14-15,17H,3-4,7-9,11-13H2,1-2H3. The predicted octanol–water partition coefficient (Wildman–Crippen LogP) is 1.88. The van der Waals surface area contributed by atoms with Crippen LogP contribution in [0.3, 0.4) is 0 Å². The molecule has 2 saturated heterocycles. The predicted molar refractivity (Wildman–Crippen MR) is 99.0 cm³/mol. The fourth-order valence-electron chi connectivity index (χ4n) is 4.50. The summed E-state index contributed by atoms with van der Waals surface area (Å²) in [4.78, 5) is 2.76.